The van der Waals surface area contributed by atoms with Crippen LogP contribution in [-0.4, -0.2) is 4.57 Å². The van der Waals surface area contributed by atoms with Crippen molar-refractivity contribution < 1.29 is 4.42 Å². The van der Waals surface area contributed by atoms with E-state index < -0.39 is 0 Å². The molecule has 0 aliphatic rings. The Morgan fingerprint density at radius 3 is 1.79 bits per heavy atom. The average Bonchev–Trinajstić information content (AvgIpc) is 3.38. The Balaban J connectivity index is 1.49. The summed E-state index contributed by atoms with van der Waals surface area (Å²) in [6.07, 6.45) is 0. The number of rotatable bonds is 2. The number of para-hydroxylation sites is 1. The summed E-state index contributed by atoms with van der Waals surface area (Å²) < 4.78 is 8.45. The van der Waals surface area contributed by atoms with Gasteiger partial charge < -0.3 is 8.98 Å². The fourth-order valence-electron chi connectivity index (χ4n) is 5.24. The van der Waals surface area contributed by atoms with Gasteiger partial charge in [0, 0.05) is 27.2 Å². The van der Waals surface area contributed by atoms with Crippen LogP contribution in [0, 0.1) is 13.8 Å². The molecule has 7 rings (SSSR count). The van der Waals surface area contributed by atoms with Gasteiger partial charge in [-0.15, -0.1) is 0 Å². The maximum atomic E-state index is 6.09. The van der Waals surface area contributed by atoms with Crippen molar-refractivity contribution in [3.8, 4) is 16.8 Å². The highest BCUT2D eigenvalue weighted by molar-refractivity contribution is 6.11. The summed E-state index contributed by atoms with van der Waals surface area (Å²) in [6.45, 7) is 4.29. The summed E-state index contributed by atoms with van der Waals surface area (Å²) in [7, 11) is 0. The number of aryl methyl sites for hydroxylation is 2. The van der Waals surface area contributed by atoms with E-state index >= 15 is 0 Å². The smallest absolute Gasteiger partial charge is 0.135 e. The van der Waals surface area contributed by atoms with E-state index in [1.54, 1.807) is 0 Å². The summed E-state index contributed by atoms with van der Waals surface area (Å²) in [5.41, 5.74) is 10.4. The number of hydrogen-bond donors (Lipinski definition) is 0. The maximum Gasteiger partial charge on any atom is 0.135 e. The van der Waals surface area contributed by atoms with Crippen LogP contribution in [0.15, 0.2) is 108 Å². The molecule has 0 aliphatic heterocycles. The zero-order chi connectivity index (χ0) is 22.8. The Hall–Kier alpha value is -4.30. The van der Waals surface area contributed by atoms with E-state index in [1.165, 1.54) is 60.5 Å². The molecule has 162 valence electrons. The van der Waals surface area contributed by atoms with Gasteiger partial charge >= 0.3 is 0 Å². The van der Waals surface area contributed by atoms with E-state index in [4.69, 9.17) is 4.42 Å². The van der Waals surface area contributed by atoms with Crippen LogP contribution in [0.3, 0.4) is 0 Å². The normalized spacial score (nSPS) is 11.8. The summed E-state index contributed by atoms with van der Waals surface area (Å²) in [5.74, 6) is 0. The van der Waals surface area contributed by atoms with Gasteiger partial charge in [0.05, 0.1) is 11.0 Å². The predicted octanol–water partition coefficient (Wildman–Crippen LogP) is 8.97. The number of aromatic nitrogens is 1. The molecule has 0 spiro atoms. The van der Waals surface area contributed by atoms with Crippen LogP contribution in [0.25, 0.3) is 60.6 Å². The first-order valence-corrected chi connectivity index (χ1v) is 11.7. The van der Waals surface area contributed by atoms with Crippen LogP contribution in [0.5, 0.6) is 0 Å². The lowest BCUT2D eigenvalue weighted by Crippen LogP contribution is -1.93. The van der Waals surface area contributed by atoms with Crippen LogP contribution in [-0.2, 0) is 0 Å². The van der Waals surface area contributed by atoms with Gasteiger partial charge in [0.15, 0.2) is 0 Å². The number of hydrogen-bond acceptors (Lipinski definition) is 1. The van der Waals surface area contributed by atoms with Crippen molar-refractivity contribution in [2.75, 3.05) is 0 Å². The predicted molar refractivity (Wildman–Crippen MR) is 143 cm³/mol. The van der Waals surface area contributed by atoms with Crippen molar-refractivity contribution in [3.05, 3.63) is 114 Å². The third kappa shape index (κ3) is 2.82. The minimum absolute atomic E-state index is 0.932. The van der Waals surface area contributed by atoms with E-state index in [-0.39, 0.29) is 0 Å². The van der Waals surface area contributed by atoms with Crippen LogP contribution >= 0.6 is 0 Å². The molecule has 2 heterocycles. The maximum absolute atomic E-state index is 6.09. The van der Waals surface area contributed by atoms with Gasteiger partial charge in [-0.3, -0.25) is 0 Å². The number of fused-ring (bicyclic) bond motifs is 6. The highest BCUT2D eigenvalue weighted by atomic mass is 16.3. The molecule has 0 saturated heterocycles. The molecule has 0 radical (unpaired) electrons. The Morgan fingerprint density at radius 2 is 1.03 bits per heavy atom. The van der Waals surface area contributed by atoms with Crippen molar-refractivity contribution in [1.82, 2.24) is 4.57 Å². The third-order valence-electron chi connectivity index (χ3n) is 6.89. The Labute approximate surface area is 197 Å². The van der Waals surface area contributed by atoms with Crippen molar-refractivity contribution in [2.24, 2.45) is 0 Å². The van der Waals surface area contributed by atoms with Crippen LogP contribution in [0.2, 0.25) is 0 Å². The van der Waals surface area contributed by atoms with Gasteiger partial charge in [-0.2, -0.15) is 0 Å². The van der Waals surface area contributed by atoms with Gasteiger partial charge in [-0.25, -0.2) is 0 Å². The SMILES string of the molecule is Cc1ccc2oc3ccc(-c4ccc5c(c4)c4cc(C)ccc4n5-c4ccccc4)cc3c2c1. The van der Waals surface area contributed by atoms with Crippen LogP contribution in [0.1, 0.15) is 11.1 Å². The molecule has 7 aromatic rings. The van der Waals surface area contributed by atoms with Crippen molar-refractivity contribution >= 4 is 43.7 Å². The van der Waals surface area contributed by atoms with E-state index in [0.29, 0.717) is 0 Å². The lowest BCUT2D eigenvalue weighted by atomic mass is 10.00. The van der Waals surface area contributed by atoms with Gasteiger partial charge in [0.25, 0.3) is 0 Å². The first-order chi connectivity index (χ1) is 16.7. The fourth-order valence-corrected chi connectivity index (χ4v) is 5.24. The second-order valence-corrected chi connectivity index (χ2v) is 9.24. The van der Waals surface area contributed by atoms with Gasteiger partial charge in [0.2, 0.25) is 0 Å². The lowest BCUT2D eigenvalue weighted by Gasteiger charge is -2.08. The first-order valence-electron chi connectivity index (χ1n) is 11.7. The Kier molecular flexibility index (Phi) is 4.01. The topological polar surface area (TPSA) is 18.1 Å². The van der Waals surface area contributed by atoms with Crippen molar-refractivity contribution in [1.29, 1.82) is 0 Å². The zero-order valence-corrected chi connectivity index (χ0v) is 19.2. The number of nitrogens with zero attached hydrogens (tertiary/aromatic N) is 1. The lowest BCUT2D eigenvalue weighted by molar-refractivity contribution is 0.669. The first kappa shape index (κ1) is 19.2. The molecule has 2 aromatic heterocycles. The molecule has 0 bridgehead atoms. The summed E-state index contributed by atoms with van der Waals surface area (Å²) in [4.78, 5) is 0. The minimum atomic E-state index is 0.932. The Morgan fingerprint density at radius 1 is 0.500 bits per heavy atom. The van der Waals surface area contributed by atoms with Gasteiger partial charge in [-0.05, 0) is 85.6 Å². The minimum Gasteiger partial charge on any atom is -0.456 e. The average molecular weight is 438 g/mol. The largest absolute Gasteiger partial charge is 0.456 e. The number of furan rings is 1. The molecule has 2 nitrogen and oxygen atoms in total. The van der Waals surface area contributed by atoms with Crippen LogP contribution < -0.4 is 0 Å². The second kappa shape index (κ2) is 7.10. The molecular formula is C32H23NO. The molecule has 0 fully saturated rings. The van der Waals surface area contributed by atoms with E-state index in [0.717, 1.165) is 11.2 Å². The molecular weight excluding hydrogens is 414 g/mol. The van der Waals surface area contributed by atoms with E-state index in [2.05, 4.69) is 122 Å². The molecule has 0 unspecified atom stereocenters. The standard InChI is InChI=1S/C32H23NO/c1-20-8-12-29-25(16-20)26-18-22(10-13-30(26)33(29)24-6-4-3-5-7-24)23-11-15-32-28(19-23)27-17-21(2)9-14-31(27)34-32/h3-19H,1-2H3. The fraction of sp³-hybridized carbons (Fsp3) is 0.0625. The highest BCUT2D eigenvalue weighted by Crippen LogP contribution is 2.37. The second-order valence-electron chi connectivity index (χ2n) is 9.24. The highest BCUT2D eigenvalue weighted by Gasteiger charge is 2.14. The Bertz CT molecular complexity index is 1870. The third-order valence-corrected chi connectivity index (χ3v) is 6.89. The van der Waals surface area contributed by atoms with Crippen LogP contribution in [0.4, 0.5) is 0 Å². The molecule has 5 aromatic carbocycles. The van der Waals surface area contributed by atoms with Gasteiger partial charge in [-0.1, -0.05) is 53.6 Å². The van der Waals surface area contributed by atoms with Crippen molar-refractivity contribution in [2.45, 2.75) is 13.8 Å². The molecule has 2 heteroatoms. The van der Waals surface area contributed by atoms with E-state index in [9.17, 15) is 0 Å². The molecule has 0 saturated carbocycles. The number of benzene rings is 5. The molecule has 0 aliphatic carbocycles. The zero-order valence-electron chi connectivity index (χ0n) is 19.2. The quantitative estimate of drug-likeness (QED) is 0.264. The summed E-state index contributed by atoms with van der Waals surface area (Å²) in [6, 6.07) is 37.1. The summed E-state index contributed by atoms with van der Waals surface area (Å²) >= 11 is 0. The molecule has 0 N–H and O–H groups in total. The molecule has 34 heavy (non-hydrogen) atoms. The monoisotopic (exact) mass is 437 g/mol. The van der Waals surface area contributed by atoms with Crippen molar-refractivity contribution in [3.63, 3.8) is 0 Å². The van der Waals surface area contributed by atoms with Gasteiger partial charge in [0.1, 0.15) is 11.2 Å². The summed E-state index contributed by atoms with van der Waals surface area (Å²) in [5, 5.41) is 4.90. The van der Waals surface area contributed by atoms with E-state index in [1.807, 2.05) is 0 Å². The molecule has 0 atom stereocenters. The molecule has 0 amide bonds.